The summed E-state index contributed by atoms with van der Waals surface area (Å²) in [5.41, 5.74) is 3.48. The Bertz CT molecular complexity index is 953. The molecule has 2 rings (SSSR count). The van der Waals surface area contributed by atoms with Gasteiger partial charge in [-0.3, -0.25) is 9.59 Å². The number of carbonyl (C=O) groups excluding carboxylic acids is 2. The lowest BCUT2D eigenvalue weighted by molar-refractivity contribution is -0.129. The third-order valence-corrected chi connectivity index (χ3v) is 4.78. The number of aryl methyl sites for hydroxylation is 1. The van der Waals surface area contributed by atoms with Crippen LogP contribution in [0.3, 0.4) is 0 Å². The molecule has 2 amide bonds. The Balaban J connectivity index is 2.07. The molecular weight excluding hydrogens is 384 g/mol. The van der Waals surface area contributed by atoms with Crippen LogP contribution in [-0.2, 0) is 9.59 Å². The van der Waals surface area contributed by atoms with Gasteiger partial charge in [-0.25, -0.2) is 0 Å². The summed E-state index contributed by atoms with van der Waals surface area (Å²) in [5, 5.41) is 2.85. The minimum atomic E-state index is -0.317. The summed E-state index contributed by atoms with van der Waals surface area (Å²) in [7, 11) is 6.17. The molecule has 0 aliphatic heterocycles. The van der Waals surface area contributed by atoms with E-state index in [2.05, 4.69) is 5.32 Å². The van der Waals surface area contributed by atoms with E-state index in [4.69, 9.17) is 14.2 Å². The monoisotopic (exact) mass is 412 g/mol. The van der Waals surface area contributed by atoms with E-state index < -0.39 is 0 Å². The van der Waals surface area contributed by atoms with Crippen LogP contribution in [0.4, 0.5) is 5.69 Å². The van der Waals surface area contributed by atoms with Gasteiger partial charge in [-0.05, 0) is 43.2 Å². The molecule has 2 aromatic rings. The van der Waals surface area contributed by atoms with E-state index in [1.807, 2.05) is 32.0 Å². The van der Waals surface area contributed by atoms with E-state index in [-0.39, 0.29) is 18.4 Å². The molecule has 7 nitrogen and oxygen atoms in total. The van der Waals surface area contributed by atoms with Crippen molar-refractivity contribution in [3.05, 3.63) is 53.1 Å². The molecule has 0 unspecified atom stereocenters. The molecule has 30 heavy (non-hydrogen) atoms. The fraction of sp³-hybridized carbons (Fsp3) is 0.304. The van der Waals surface area contributed by atoms with Crippen LogP contribution in [0.1, 0.15) is 16.7 Å². The van der Waals surface area contributed by atoms with Crippen molar-refractivity contribution in [1.82, 2.24) is 4.90 Å². The van der Waals surface area contributed by atoms with Crippen molar-refractivity contribution in [3.8, 4) is 17.2 Å². The van der Waals surface area contributed by atoms with Gasteiger partial charge in [0.05, 0.1) is 27.9 Å². The van der Waals surface area contributed by atoms with Gasteiger partial charge in [-0.1, -0.05) is 12.1 Å². The quantitative estimate of drug-likeness (QED) is 0.672. The highest BCUT2D eigenvalue weighted by Crippen LogP contribution is 2.35. The van der Waals surface area contributed by atoms with Gasteiger partial charge in [0.25, 0.3) is 0 Å². The lowest BCUT2D eigenvalue weighted by atomic mass is 10.1. The SMILES string of the molecule is COc1cc(OC)c(OC)cc1/C=C/C(=O)N(C)CC(=O)Nc1cccc(C)c1C. The lowest BCUT2D eigenvalue weighted by Gasteiger charge is -2.16. The van der Waals surface area contributed by atoms with Gasteiger partial charge >= 0.3 is 0 Å². The molecule has 0 aliphatic rings. The molecule has 0 atom stereocenters. The molecule has 0 heterocycles. The highest BCUT2D eigenvalue weighted by atomic mass is 16.5. The number of ether oxygens (including phenoxy) is 3. The number of benzene rings is 2. The van der Waals surface area contributed by atoms with Crippen LogP contribution in [-0.4, -0.2) is 51.6 Å². The predicted octanol–water partition coefficient (Wildman–Crippen LogP) is 3.44. The van der Waals surface area contributed by atoms with Crippen molar-refractivity contribution in [2.75, 3.05) is 40.2 Å². The van der Waals surface area contributed by atoms with E-state index in [0.717, 1.165) is 16.8 Å². The smallest absolute Gasteiger partial charge is 0.246 e. The van der Waals surface area contributed by atoms with E-state index >= 15 is 0 Å². The summed E-state index contributed by atoms with van der Waals surface area (Å²) >= 11 is 0. The minimum absolute atomic E-state index is 0.0698. The zero-order valence-electron chi connectivity index (χ0n) is 18.2. The molecule has 0 bridgehead atoms. The molecule has 160 valence electrons. The highest BCUT2D eigenvalue weighted by Gasteiger charge is 2.14. The Hall–Kier alpha value is -3.48. The van der Waals surface area contributed by atoms with Crippen LogP contribution in [0, 0.1) is 13.8 Å². The second kappa shape index (κ2) is 10.3. The first-order valence-electron chi connectivity index (χ1n) is 9.40. The maximum absolute atomic E-state index is 12.5. The summed E-state index contributed by atoms with van der Waals surface area (Å²) in [6, 6.07) is 9.10. The van der Waals surface area contributed by atoms with E-state index in [9.17, 15) is 9.59 Å². The number of amides is 2. The Morgan fingerprint density at radius 2 is 1.63 bits per heavy atom. The zero-order valence-corrected chi connectivity index (χ0v) is 18.2. The zero-order chi connectivity index (χ0) is 22.3. The maximum Gasteiger partial charge on any atom is 0.246 e. The normalized spacial score (nSPS) is 10.6. The van der Waals surface area contributed by atoms with Gasteiger partial charge in [-0.15, -0.1) is 0 Å². The topological polar surface area (TPSA) is 77.1 Å². The fourth-order valence-electron chi connectivity index (χ4n) is 2.84. The van der Waals surface area contributed by atoms with Crippen molar-refractivity contribution in [2.24, 2.45) is 0 Å². The van der Waals surface area contributed by atoms with E-state index in [1.54, 1.807) is 25.3 Å². The Labute approximate surface area is 177 Å². The number of carbonyl (C=O) groups is 2. The van der Waals surface area contributed by atoms with Crippen molar-refractivity contribution in [1.29, 1.82) is 0 Å². The first-order valence-corrected chi connectivity index (χ1v) is 9.40. The van der Waals surface area contributed by atoms with Crippen LogP contribution < -0.4 is 19.5 Å². The molecule has 0 saturated carbocycles. The average molecular weight is 412 g/mol. The average Bonchev–Trinajstić information content (AvgIpc) is 2.74. The van der Waals surface area contributed by atoms with Gasteiger partial charge < -0.3 is 24.4 Å². The van der Waals surface area contributed by atoms with Crippen molar-refractivity contribution >= 4 is 23.6 Å². The molecule has 0 aliphatic carbocycles. The second-order valence-corrected chi connectivity index (χ2v) is 6.77. The van der Waals surface area contributed by atoms with Crippen LogP contribution in [0.25, 0.3) is 6.08 Å². The highest BCUT2D eigenvalue weighted by molar-refractivity contribution is 5.98. The molecule has 0 spiro atoms. The van der Waals surface area contributed by atoms with Gasteiger partial charge in [0.1, 0.15) is 5.75 Å². The van der Waals surface area contributed by atoms with Crippen molar-refractivity contribution < 1.29 is 23.8 Å². The molecule has 0 radical (unpaired) electrons. The molecule has 0 fully saturated rings. The van der Waals surface area contributed by atoms with E-state index in [0.29, 0.717) is 22.8 Å². The number of nitrogens with zero attached hydrogens (tertiary/aromatic N) is 1. The standard InChI is InChI=1S/C23H28N2O5/c1-15-8-7-9-18(16(15)2)24-22(26)14-25(3)23(27)11-10-17-12-20(29-5)21(30-6)13-19(17)28-4/h7-13H,14H2,1-6H3,(H,24,26)/b11-10+. The summed E-state index contributed by atoms with van der Waals surface area (Å²) in [6.07, 6.45) is 3.00. The molecule has 1 N–H and O–H groups in total. The number of hydrogen-bond donors (Lipinski definition) is 1. The summed E-state index contributed by atoms with van der Waals surface area (Å²) < 4.78 is 15.9. The Morgan fingerprint density at radius 3 is 2.27 bits per heavy atom. The van der Waals surface area contributed by atoms with Crippen molar-refractivity contribution in [3.63, 3.8) is 0 Å². The first kappa shape index (κ1) is 22.8. The molecule has 7 heteroatoms. The molecule has 0 saturated heterocycles. The maximum atomic E-state index is 12.5. The predicted molar refractivity (Wildman–Crippen MR) is 117 cm³/mol. The number of likely N-dealkylation sites (N-methyl/N-ethyl adjacent to an activating group) is 1. The molecular formula is C23H28N2O5. The number of nitrogens with one attached hydrogen (secondary N) is 1. The Morgan fingerprint density at radius 1 is 1.00 bits per heavy atom. The van der Waals surface area contributed by atoms with Gasteiger partial charge in [-0.2, -0.15) is 0 Å². The first-order chi connectivity index (χ1) is 14.3. The third kappa shape index (κ3) is 5.53. The second-order valence-electron chi connectivity index (χ2n) is 6.77. The number of methoxy groups -OCH3 is 3. The van der Waals surface area contributed by atoms with Gasteiger partial charge in [0.2, 0.25) is 11.8 Å². The third-order valence-electron chi connectivity index (χ3n) is 4.78. The van der Waals surface area contributed by atoms with Crippen LogP contribution in [0.2, 0.25) is 0 Å². The summed E-state index contributed by atoms with van der Waals surface area (Å²) in [4.78, 5) is 26.1. The molecule has 0 aromatic heterocycles. The molecule has 2 aromatic carbocycles. The lowest BCUT2D eigenvalue weighted by Crippen LogP contribution is -2.34. The van der Waals surface area contributed by atoms with Crippen LogP contribution >= 0.6 is 0 Å². The van der Waals surface area contributed by atoms with E-state index in [1.165, 1.54) is 32.3 Å². The fourth-order valence-corrected chi connectivity index (χ4v) is 2.84. The van der Waals surface area contributed by atoms with Gasteiger partial charge in [0, 0.05) is 30.4 Å². The van der Waals surface area contributed by atoms with Crippen molar-refractivity contribution in [2.45, 2.75) is 13.8 Å². The minimum Gasteiger partial charge on any atom is -0.496 e. The number of anilines is 1. The summed E-state index contributed by atoms with van der Waals surface area (Å²) in [6.45, 7) is 3.85. The van der Waals surface area contributed by atoms with Gasteiger partial charge in [0.15, 0.2) is 11.5 Å². The summed E-state index contributed by atoms with van der Waals surface area (Å²) in [5.74, 6) is 0.997. The number of rotatable bonds is 8. The Kier molecular flexibility index (Phi) is 7.86. The van der Waals surface area contributed by atoms with Crippen LogP contribution in [0.15, 0.2) is 36.4 Å². The number of hydrogen-bond acceptors (Lipinski definition) is 5. The largest absolute Gasteiger partial charge is 0.496 e. The van der Waals surface area contributed by atoms with Crippen LogP contribution in [0.5, 0.6) is 17.2 Å².